The molecule has 0 spiro atoms. The molecular weight excluding hydrogens is 124 g/mol. The van der Waals surface area contributed by atoms with Crippen LogP contribution in [0.4, 0.5) is 0 Å². The number of aliphatic hydroxyl groups excluding tert-OH is 1. The zero-order valence-electron chi connectivity index (χ0n) is 6.42. The van der Waals surface area contributed by atoms with Crippen molar-refractivity contribution < 1.29 is 5.11 Å². The first-order valence-electron chi connectivity index (χ1n) is 3.71. The third-order valence-electron chi connectivity index (χ3n) is 1.55. The number of hydrogen-bond acceptors (Lipinski definition) is 1. The van der Waals surface area contributed by atoms with E-state index < -0.39 is 0 Å². The van der Waals surface area contributed by atoms with E-state index >= 15 is 0 Å². The molecule has 58 valence electrons. The van der Waals surface area contributed by atoms with E-state index in [9.17, 15) is 0 Å². The SMILES string of the molecule is C=CC(C=C)CCCCO. The molecule has 0 saturated carbocycles. The molecule has 1 nitrogen and oxygen atoms in total. The fraction of sp³-hybridized carbons (Fsp3) is 0.556. The lowest BCUT2D eigenvalue weighted by atomic mass is 10.0. The van der Waals surface area contributed by atoms with Gasteiger partial charge in [-0.3, -0.25) is 0 Å². The van der Waals surface area contributed by atoms with Gasteiger partial charge in [0.25, 0.3) is 0 Å². The van der Waals surface area contributed by atoms with Crippen LogP contribution in [0, 0.1) is 5.92 Å². The van der Waals surface area contributed by atoms with Crippen LogP contribution in [-0.4, -0.2) is 11.7 Å². The number of rotatable bonds is 6. The summed E-state index contributed by atoms with van der Waals surface area (Å²) in [6, 6.07) is 0. The number of hydrogen-bond donors (Lipinski definition) is 1. The van der Waals surface area contributed by atoms with Gasteiger partial charge in [0.05, 0.1) is 0 Å². The predicted octanol–water partition coefficient (Wildman–Crippen LogP) is 2.14. The Hall–Kier alpha value is -0.560. The highest BCUT2D eigenvalue weighted by Crippen LogP contribution is 2.09. The molecule has 0 rings (SSSR count). The monoisotopic (exact) mass is 140 g/mol. The van der Waals surface area contributed by atoms with Gasteiger partial charge in [0.2, 0.25) is 0 Å². The molecule has 0 aromatic heterocycles. The molecule has 1 N–H and O–H groups in total. The fourth-order valence-corrected chi connectivity index (χ4v) is 0.824. The summed E-state index contributed by atoms with van der Waals surface area (Å²) in [5.41, 5.74) is 0. The highest BCUT2D eigenvalue weighted by molar-refractivity contribution is 4.91. The van der Waals surface area contributed by atoms with Gasteiger partial charge in [-0.1, -0.05) is 18.6 Å². The smallest absolute Gasteiger partial charge is 0.0431 e. The molecule has 10 heavy (non-hydrogen) atoms. The van der Waals surface area contributed by atoms with E-state index in [2.05, 4.69) is 13.2 Å². The van der Waals surface area contributed by atoms with Crippen molar-refractivity contribution in [1.82, 2.24) is 0 Å². The molecule has 0 radical (unpaired) electrons. The predicted molar refractivity (Wildman–Crippen MR) is 44.8 cm³/mol. The summed E-state index contributed by atoms with van der Waals surface area (Å²) in [6.07, 6.45) is 6.79. The van der Waals surface area contributed by atoms with Crippen LogP contribution in [0.3, 0.4) is 0 Å². The van der Waals surface area contributed by atoms with Gasteiger partial charge in [-0.05, 0) is 18.8 Å². The molecule has 0 aliphatic heterocycles. The average molecular weight is 140 g/mol. The summed E-state index contributed by atoms with van der Waals surface area (Å²) in [7, 11) is 0. The van der Waals surface area contributed by atoms with Gasteiger partial charge >= 0.3 is 0 Å². The molecule has 0 aromatic carbocycles. The van der Waals surface area contributed by atoms with Crippen molar-refractivity contribution in [2.45, 2.75) is 19.3 Å². The summed E-state index contributed by atoms with van der Waals surface area (Å²) in [6.45, 7) is 7.65. The molecular formula is C9H16O. The average Bonchev–Trinajstić information content (AvgIpc) is 1.99. The molecule has 0 amide bonds. The normalized spacial score (nSPS) is 9.80. The minimum Gasteiger partial charge on any atom is -0.396 e. The largest absolute Gasteiger partial charge is 0.396 e. The van der Waals surface area contributed by atoms with Gasteiger partial charge in [0.15, 0.2) is 0 Å². The van der Waals surface area contributed by atoms with E-state index in [1.807, 2.05) is 12.2 Å². The van der Waals surface area contributed by atoms with Crippen molar-refractivity contribution in [2.24, 2.45) is 5.92 Å². The van der Waals surface area contributed by atoms with Gasteiger partial charge in [0.1, 0.15) is 0 Å². The molecule has 0 saturated heterocycles. The second-order valence-electron chi connectivity index (χ2n) is 2.35. The van der Waals surface area contributed by atoms with E-state index in [1.54, 1.807) is 0 Å². The van der Waals surface area contributed by atoms with Crippen LogP contribution in [0.15, 0.2) is 25.3 Å². The molecule has 0 aromatic rings. The summed E-state index contributed by atoms with van der Waals surface area (Å²) < 4.78 is 0. The number of unbranched alkanes of at least 4 members (excludes halogenated alkanes) is 1. The molecule has 0 bridgehead atoms. The van der Waals surface area contributed by atoms with E-state index in [1.165, 1.54) is 0 Å². The molecule has 0 atom stereocenters. The van der Waals surface area contributed by atoms with Crippen molar-refractivity contribution in [3.05, 3.63) is 25.3 Å². The minimum atomic E-state index is 0.293. The van der Waals surface area contributed by atoms with Crippen molar-refractivity contribution >= 4 is 0 Å². The lowest BCUT2D eigenvalue weighted by Crippen LogP contribution is -1.91. The van der Waals surface area contributed by atoms with Crippen molar-refractivity contribution in [1.29, 1.82) is 0 Å². The maximum Gasteiger partial charge on any atom is 0.0431 e. The zero-order valence-corrected chi connectivity index (χ0v) is 6.42. The van der Waals surface area contributed by atoms with E-state index in [-0.39, 0.29) is 0 Å². The Balaban J connectivity index is 3.25. The quantitative estimate of drug-likeness (QED) is 0.442. The van der Waals surface area contributed by atoms with Gasteiger partial charge in [-0.2, -0.15) is 0 Å². The standard InChI is InChI=1S/C9H16O/c1-3-9(4-2)7-5-6-8-10/h3-4,9-10H,1-2,5-8H2. The second kappa shape index (κ2) is 6.56. The first kappa shape index (κ1) is 9.44. The first-order valence-corrected chi connectivity index (χ1v) is 3.71. The highest BCUT2D eigenvalue weighted by Gasteiger charge is 1.96. The fourth-order valence-electron chi connectivity index (χ4n) is 0.824. The molecule has 0 aliphatic rings. The van der Waals surface area contributed by atoms with Crippen LogP contribution in [0.2, 0.25) is 0 Å². The number of aliphatic hydroxyl groups is 1. The van der Waals surface area contributed by atoms with Crippen LogP contribution in [0.1, 0.15) is 19.3 Å². The van der Waals surface area contributed by atoms with Gasteiger partial charge in [-0.25, -0.2) is 0 Å². The van der Waals surface area contributed by atoms with Crippen molar-refractivity contribution in [3.8, 4) is 0 Å². The Morgan fingerprint density at radius 3 is 2.20 bits per heavy atom. The maximum atomic E-state index is 8.47. The lowest BCUT2D eigenvalue weighted by molar-refractivity contribution is 0.282. The molecule has 0 aliphatic carbocycles. The molecule has 0 unspecified atom stereocenters. The topological polar surface area (TPSA) is 20.2 Å². The van der Waals surface area contributed by atoms with Crippen LogP contribution in [0.25, 0.3) is 0 Å². The van der Waals surface area contributed by atoms with E-state index in [0.717, 1.165) is 19.3 Å². The summed E-state index contributed by atoms with van der Waals surface area (Å²) in [4.78, 5) is 0. The van der Waals surface area contributed by atoms with Crippen LogP contribution in [0.5, 0.6) is 0 Å². The van der Waals surface area contributed by atoms with Gasteiger partial charge < -0.3 is 5.11 Å². The van der Waals surface area contributed by atoms with Gasteiger partial charge in [-0.15, -0.1) is 13.2 Å². The summed E-state index contributed by atoms with van der Waals surface area (Å²) in [5.74, 6) is 0.423. The van der Waals surface area contributed by atoms with Crippen molar-refractivity contribution in [3.63, 3.8) is 0 Å². The van der Waals surface area contributed by atoms with Crippen molar-refractivity contribution in [2.75, 3.05) is 6.61 Å². The Morgan fingerprint density at radius 2 is 1.80 bits per heavy atom. The van der Waals surface area contributed by atoms with E-state index in [0.29, 0.717) is 12.5 Å². The lowest BCUT2D eigenvalue weighted by Gasteiger charge is -2.03. The summed E-state index contributed by atoms with van der Waals surface area (Å²) >= 11 is 0. The molecule has 0 heterocycles. The Morgan fingerprint density at radius 1 is 1.20 bits per heavy atom. The molecule has 1 heteroatoms. The second-order valence-corrected chi connectivity index (χ2v) is 2.35. The number of allylic oxidation sites excluding steroid dienone is 2. The van der Waals surface area contributed by atoms with Gasteiger partial charge in [0, 0.05) is 6.61 Å². The van der Waals surface area contributed by atoms with Crippen LogP contribution >= 0.6 is 0 Å². The minimum absolute atomic E-state index is 0.293. The zero-order chi connectivity index (χ0) is 7.82. The Labute approximate surface area is 63.1 Å². The first-order chi connectivity index (χ1) is 4.85. The van der Waals surface area contributed by atoms with Crippen LogP contribution < -0.4 is 0 Å². The Bertz CT molecular complexity index is 88.9. The highest BCUT2D eigenvalue weighted by atomic mass is 16.2. The summed E-state index contributed by atoms with van der Waals surface area (Å²) in [5, 5.41) is 8.47. The van der Waals surface area contributed by atoms with Crippen LogP contribution in [-0.2, 0) is 0 Å². The third-order valence-corrected chi connectivity index (χ3v) is 1.55. The molecule has 0 fully saturated rings. The maximum absolute atomic E-state index is 8.47. The Kier molecular flexibility index (Phi) is 6.19. The van der Waals surface area contributed by atoms with E-state index in [4.69, 9.17) is 5.11 Å². The third kappa shape index (κ3) is 4.33.